The van der Waals surface area contributed by atoms with Crippen molar-refractivity contribution in [3.05, 3.63) is 41.1 Å². The molecule has 1 aliphatic carbocycles. The van der Waals surface area contributed by atoms with Gasteiger partial charge >= 0.3 is 5.97 Å². The lowest BCUT2D eigenvalue weighted by molar-refractivity contribution is -0.153. The van der Waals surface area contributed by atoms with E-state index < -0.39 is 11.9 Å². The normalized spacial score (nSPS) is 25.6. The molecule has 0 fully saturated rings. The van der Waals surface area contributed by atoms with E-state index in [1.54, 1.807) is 18.7 Å². The molecule has 2 aliphatic rings. The number of esters is 1. The summed E-state index contributed by atoms with van der Waals surface area (Å²) >= 11 is 1.64. The van der Waals surface area contributed by atoms with Gasteiger partial charge in [0.1, 0.15) is 5.92 Å². The van der Waals surface area contributed by atoms with E-state index in [9.17, 15) is 14.4 Å². The van der Waals surface area contributed by atoms with Gasteiger partial charge in [0.25, 0.3) is 0 Å². The number of Topliss-reactive ketones (excluding diaryl/α,β-unsaturated/α-hetero) is 1. The van der Waals surface area contributed by atoms with E-state index in [2.05, 4.69) is 5.32 Å². The summed E-state index contributed by atoms with van der Waals surface area (Å²) in [4.78, 5) is 38.8. The van der Waals surface area contributed by atoms with E-state index in [0.717, 1.165) is 10.5 Å². The van der Waals surface area contributed by atoms with Crippen LogP contribution in [0, 0.1) is 11.8 Å². The van der Waals surface area contributed by atoms with Crippen molar-refractivity contribution in [2.45, 2.75) is 37.5 Å². The van der Waals surface area contributed by atoms with E-state index in [4.69, 9.17) is 4.74 Å². The van der Waals surface area contributed by atoms with E-state index in [-0.39, 0.29) is 36.6 Å². The fraction of sp³-hybridized carbons (Fsp3) is 0.450. The molecule has 0 spiro atoms. The quantitative estimate of drug-likeness (QED) is 0.499. The molecule has 0 aromatic heterocycles. The summed E-state index contributed by atoms with van der Waals surface area (Å²) in [6, 6.07) is 7.91. The Labute approximate surface area is 157 Å². The number of allylic oxidation sites excluding steroid dienone is 2. The van der Waals surface area contributed by atoms with Crippen molar-refractivity contribution in [2.75, 3.05) is 12.9 Å². The van der Waals surface area contributed by atoms with Gasteiger partial charge in [-0.15, -0.1) is 11.8 Å². The van der Waals surface area contributed by atoms with Crippen LogP contribution in [-0.4, -0.2) is 30.5 Å². The van der Waals surface area contributed by atoms with Crippen LogP contribution in [0.3, 0.4) is 0 Å². The SMILES string of the molecule is CCOC(=O)C1C(=O)C2=C(CC1C)NC(=O)CC2c1ccc(SC)cc1. The fourth-order valence-electron chi connectivity index (χ4n) is 3.82. The van der Waals surface area contributed by atoms with Crippen molar-refractivity contribution < 1.29 is 19.1 Å². The predicted octanol–water partition coefficient (Wildman–Crippen LogP) is 3.05. The smallest absolute Gasteiger partial charge is 0.317 e. The van der Waals surface area contributed by atoms with Gasteiger partial charge in [0.2, 0.25) is 5.91 Å². The Bertz CT molecular complexity index is 769. The molecule has 0 radical (unpaired) electrons. The van der Waals surface area contributed by atoms with Gasteiger partial charge in [-0.2, -0.15) is 0 Å². The molecule has 3 atom stereocenters. The highest BCUT2D eigenvalue weighted by Gasteiger charge is 2.45. The minimum atomic E-state index is -0.795. The number of ether oxygens (including phenoxy) is 1. The van der Waals surface area contributed by atoms with Crippen molar-refractivity contribution in [1.29, 1.82) is 0 Å². The van der Waals surface area contributed by atoms with Gasteiger partial charge in [-0.3, -0.25) is 14.4 Å². The third kappa shape index (κ3) is 3.43. The average molecular weight is 373 g/mol. The highest BCUT2D eigenvalue weighted by atomic mass is 32.2. The molecule has 0 saturated heterocycles. The van der Waals surface area contributed by atoms with Crippen LogP contribution in [0.4, 0.5) is 0 Å². The highest BCUT2D eigenvalue weighted by Crippen LogP contribution is 2.42. The zero-order valence-electron chi connectivity index (χ0n) is 15.2. The first-order valence-electron chi connectivity index (χ1n) is 8.84. The Balaban J connectivity index is 2.00. The molecular formula is C20H23NO4S. The summed E-state index contributed by atoms with van der Waals surface area (Å²) in [5.74, 6) is -2.07. The van der Waals surface area contributed by atoms with Crippen molar-refractivity contribution >= 4 is 29.4 Å². The summed E-state index contributed by atoms with van der Waals surface area (Å²) < 4.78 is 5.12. The number of rotatable bonds is 4. The monoisotopic (exact) mass is 373 g/mol. The van der Waals surface area contributed by atoms with Crippen LogP contribution in [0.25, 0.3) is 0 Å². The van der Waals surface area contributed by atoms with E-state index in [1.165, 1.54) is 0 Å². The zero-order valence-corrected chi connectivity index (χ0v) is 16.0. The van der Waals surface area contributed by atoms with Crippen molar-refractivity contribution in [2.24, 2.45) is 11.8 Å². The number of carbonyl (C=O) groups excluding carboxylic acids is 3. The van der Waals surface area contributed by atoms with Crippen LogP contribution in [0.1, 0.15) is 38.2 Å². The standard InChI is InChI=1S/C20H23NO4S/c1-4-25-20(24)17-11(2)9-15-18(19(17)23)14(10-16(22)21-15)12-5-7-13(26-3)8-6-12/h5-8,11,14,17H,4,9-10H2,1-3H3,(H,21,22). The van der Waals surface area contributed by atoms with Gasteiger partial charge in [-0.25, -0.2) is 0 Å². The van der Waals surface area contributed by atoms with Crippen molar-refractivity contribution in [3.8, 4) is 0 Å². The molecule has 5 nitrogen and oxygen atoms in total. The molecule has 1 heterocycles. The molecule has 1 aromatic rings. The van der Waals surface area contributed by atoms with Gasteiger partial charge in [0.15, 0.2) is 5.78 Å². The fourth-order valence-corrected chi connectivity index (χ4v) is 4.23. The molecule has 3 rings (SSSR count). The lowest BCUT2D eigenvalue weighted by Crippen LogP contribution is -2.44. The molecule has 0 saturated carbocycles. The maximum atomic E-state index is 13.2. The number of hydrogen-bond acceptors (Lipinski definition) is 5. The number of thioether (sulfide) groups is 1. The molecule has 138 valence electrons. The molecule has 1 amide bonds. The van der Waals surface area contributed by atoms with Crippen LogP contribution in [-0.2, 0) is 19.1 Å². The minimum Gasteiger partial charge on any atom is -0.465 e. The summed E-state index contributed by atoms with van der Waals surface area (Å²) in [5, 5.41) is 2.86. The van der Waals surface area contributed by atoms with E-state index in [0.29, 0.717) is 17.7 Å². The summed E-state index contributed by atoms with van der Waals surface area (Å²) in [5.41, 5.74) is 2.16. The second-order valence-electron chi connectivity index (χ2n) is 6.75. The number of amides is 1. The van der Waals surface area contributed by atoms with Crippen LogP contribution >= 0.6 is 11.8 Å². The van der Waals surface area contributed by atoms with Gasteiger partial charge in [-0.1, -0.05) is 19.1 Å². The third-order valence-electron chi connectivity index (χ3n) is 5.06. The predicted molar refractivity (Wildman–Crippen MR) is 99.7 cm³/mol. The number of nitrogens with one attached hydrogen (secondary N) is 1. The first-order chi connectivity index (χ1) is 12.5. The Morgan fingerprint density at radius 3 is 2.54 bits per heavy atom. The second-order valence-corrected chi connectivity index (χ2v) is 7.63. The summed E-state index contributed by atoms with van der Waals surface area (Å²) in [6.45, 7) is 3.83. The zero-order chi connectivity index (χ0) is 18.8. The first kappa shape index (κ1) is 18.7. The van der Waals surface area contributed by atoms with Crippen LogP contribution in [0.2, 0.25) is 0 Å². The number of carbonyl (C=O) groups is 3. The molecule has 1 N–H and O–H groups in total. The summed E-state index contributed by atoms with van der Waals surface area (Å²) in [6.07, 6.45) is 2.71. The van der Waals surface area contributed by atoms with Gasteiger partial charge in [0.05, 0.1) is 6.61 Å². The molecule has 26 heavy (non-hydrogen) atoms. The van der Waals surface area contributed by atoms with Gasteiger partial charge in [-0.05, 0) is 43.2 Å². The average Bonchev–Trinajstić information content (AvgIpc) is 2.61. The van der Waals surface area contributed by atoms with Crippen LogP contribution in [0.15, 0.2) is 40.4 Å². The van der Waals surface area contributed by atoms with Gasteiger partial charge < -0.3 is 10.1 Å². The number of benzene rings is 1. The molecule has 1 aliphatic heterocycles. The molecule has 3 unspecified atom stereocenters. The van der Waals surface area contributed by atoms with E-state index in [1.807, 2.05) is 37.4 Å². The third-order valence-corrected chi connectivity index (χ3v) is 5.80. The molecule has 0 bridgehead atoms. The maximum absolute atomic E-state index is 13.2. The second kappa shape index (κ2) is 7.66. The lowest BCUT2D eigenvalue weighted by Gasteiger charge is -2.36. The molecular weight excluding hydrogens is 350 g/mol. The van der Waals surface area contributed by atoms with E-state index >= 15 is 0 Å². The number of ketones is 1. The largest absolute Gasteiger partial charge is 0.465 e. The Hall–Kier alpha value is -2.08. The maximum Gasteiger partial charge on any atom is 0.317 e. The molecule has 1 aromatic carbocycles. The topological polar surface area (TPSA) is 72.5 Å². The van der Waals surface area contributed by atoms with Crippen molar-refractivity contribution in [1.82, 2.24) is 5.32 Å². The summed E-state index contributed by atoms with van der Waals surface area (Å²) in [7, 11) is 0. The van der Waals surface area contributed by atoms with Gasteiger partial charge in [0, 0.05) is 28.5 Å². The first-order valence-corrected chi connectivity index (χ1v) is 10.1. The lowest BCUT2D eigenvalue weighted by atomic mass is 9.70. The van der Waals surface area contributed by atoms with Crippen molar-refractivity contribution in [3.63, 3.8) is 0 Å². The highest BCUT2D eigenvalue weighted by molar-refractivity contribution is 7.98. The van der Waals surface area contributed by atoms with Crippen LogP contribution < -0.4 is 5.32 Å². The minimum absolute atomic E-state index is 0.0859. The Kier molecular flexibility index (Phi) is 5.51. The molecule has 6 heteroatoms. The number of hydrogen-bond donors (Lipinski definition) is 1. The Morgan fingerprint density at radius 2 is 1.92 bits per heavy atom. The van der Waals surface area contributed by atoms with Crippen LogP contribution in [0.5, 0.6) is 0 Å². The Morgan fingerprint density at radius 1 is 1.23 bits per heavy atom.